The lowest BCUT2D eigenvalue weighted by Crippen LogP contribution is -2.55. The zero-order chi connectivity index (χ0) is 15.4. The van der Waals surface area contributed by atoms with E-state index in [1.54, 1.807) is 13.8 Å². The summed E-state index contributed by atoms with van der Waals surface area (Å²) in [5.74, 6) is -2.07. The fourth-order valence-corrected chi connectivity index (χ4v) is 3.67. The Morgan fingerprint density at radius 3 is 1.58 bits per heavy atom. The van der Waals surface area contributed by atoms with Gasteiger partial charge in [-0.05, 0) is 31.1 Å². The van der Waals surface area contributed by atoms with E-state index in [2.05, 4.69) is 0 Å². The molecule has 4 nitrogen and oxygen atoms in total. The number of carboxylic acid groups (broad SMARTS) is 2. The molecule has 2 unspecified atom stereocenters. The third-order valence-electron chi connectivity index (χ3n) is 4.55. The second-order valence-electron chi connectivity index (χ2n) is 6.12. The van der Waals surface area contributed by atoms with Gasteiger partial charge in [0.1, 0.15) is 0 Å². The van der Waals surface area contributed by atoms with Crippen LogP contribution >= 0.6 is 0 Å². The van der Waals surface area contributed by atoms with Crippen molar-refractivity contribution in [1.82, 2.24) is 0 Å². The molecule has 0 rings (SSSR count). The minimum atomic E-state index is -1.22. The van der Waals surface area contributed by atoms with Crippen LogP contribution in [-0.4, -0.2) is 22.2 Å². The molecule has 0 heterocycles. The van der Waals surface area contributed by atoms with Crippen LogP contribution < -0.4 is 0 Å². The van der Waals surface area contributed by atoms with Gasteiger partial charge >= 0.3 is 11.9 Å². The molecule has 0 amide bonds. The standard InChI is InChI=1S/C15H28O4/c1-7-14(12(16)17,9-10(3)4)15(8-2,11(5)6)13(18)19/h10-11H,7-9H2,1-6H3,(H,16,17)(H,18,19). The summed E-state index contributed by atoms with van der Waals surface area (Å²) in [7, 11) is 0. The molecule has 0 fully saturated rings. The third kappa shape index (κ3) is 2.77. The fraction of sp³-hybridized carbons (Fsp3) is 0.867. The van der Waals surface area contributed by atoms with E-state index in [1.165, 1.54) is 0 Å². The molecule has 0 aliphatic rings. The fourth-order valence-electron chi connectivity index (χ4n) is 3.67. The van der Waals surface area contributed by atoms with E-state index in [9.17, 15) is 19.8 Å². The molecule has 0 saturated heterocycles. The molecule has 2 N–H and O–H groups in total. The highest BCUT2D eigenvalue weighted by Crippen LogP contribution is 2.54. The van der Waals surface area contributed by atoms with Crippen molar-refractivity contribution in [1.29, 1.82) is 0 Å². The summed E-state index contributed by atoms with van der Waals surface area (Å²) >= 11 is 0. The molecular weight excluding hydrogens is 244 g/mol. The Bertz CT molecular complexity index is 335. The Kier molecular flexibility index (Phi) is 6.04. The summed E-state index contributed by atoms with van der Waals surface area (Å²) in [6.07, 6.45) is 1.04. The highest BCUT2D eigenvalue weighted by Gasteiger charge is 2.60. The maximum absolute atomic E-state index is 11.9. The van der Waals surface area contributed by atoms with Crippen LogP contribution in [-0.2, 0) is 9.59 Å². The van der Waals surface area contributed by atoms with Crippen LogP contribution in [0.4, 0.5) is 0 Å². The minimum Gasteiger partial charge on any atom is -0.481 e. The van der Waals surface area contributed by atoms with Gasteiger partial charge in [-0.25, -0.2) is 0 Å². The molecule has 0 aromatic heterocycles. The summed E-state index contributed by atoms with van der Waals surface area (Å²) in [6, 6.07) is 0. The van der Waals surface area contributed by atoms with Crippen molar-refractivity contribution in [3.63, 3.8) is 0 Å². The second kappa shape index (κ2) is 6.40. The smallest absolute Gasteiger partial charge is 0.311 e. The van der Waals surface area contributed by atoms with Crippen LogP contribution in [0.15, 0.2) is 0 Å². The SMILES string of the molecule is CCC(CC(C)C)(C(=O)O)C(CC)(C(=O)O)C(C)C. The Hall–Kier alpha value is -1.06. The molecule has 0 aliphatic carbocycles. The van der Waals surface area contributed by atoms with Crippen LogP contribution in [0.2, 0.25) is 0 Å². The van der Waals surface area contributed by atoms with E-state index >= 15 is 0 Å². The normalized spacial score (nSPS) is 18.1. The van der Waals surface area contributed by atoms with Gasteiger partial charge in [0.15, 0.2) is 0 Å². The first kappa shape index (κ1) is 17.9. The first-order chi connectivity index (χ1) is 8.62. The van der Waals surface area contributed by atoms with Gasteiger partial charge in [-0.3, -0.25) is 9.59 Å². The van der Waals surface area contributed by atoms with Crippen molar-refractivity contribution >= 4 is 11.9 Å². The monoisotopic (exact) mass is 272 g/mol. The number of hydrogen-bond acceptors (Lipinski definition) is 2. The van der Waals surface area contributed by atoms with E-state index in [1.807, 2.05) is 27.7 Å². The van der Waals surface area contributed by atoms with Crippen molar-refractivity contribution in [2.24, 2.45) is 22.7 Å². The predicted molar refractivity (Wildman–Crippen MR) is 75.0 cm³/mol. The summed E-state index contributed by atoms with van der Waals surface area (Å²) < 4.78 is 0. The van der Waals surface area contributed by atoms with Crippen molar-refractivity contribution in [2.45, 2.75) is 60.8 Å². The van der Waals surface area contributed by atoms with E-state index in [-0.39, 0.29) is 11.8 Å². The second-order valence-corrected chi connectivity index (χ2v) is 6.12. The third-order valence-corrected chi connectivity index (χ3v) is 4.55. The molecule has 0 aromatic rings. The largest absolute Gasteiger partial charge is 0.481 e. The average Bonchev–Trinajstić information content (AvgIpc) is 2.26. The zero-order valence-corrected chi connectivity index (χ0v) is 13.0. The predicted octanol–water partition coefficient (Wildman–Crippen LogP) is 3.65. The summed E-state index contributed by atoms with van der Waals surface area (Å²) in [6.45, 7) is 11.1. The Balaban J connectivity index is 6.17. The molecule has 112 valence electrons. The molecule has 0 bridgehead atoms. The first-order valence-corrected chi connectivity index (χ1v) is 7.09. The van der Waals surface area contributed by atoms with Gasteiger partial charge in [-0.1, -0.05) is 41.5 Å². The lowest BCUT2D eigenvalue weighted by molar-refractivity contribution is -0.183. The Morgan fingerprint density at radius 1 is 0.947 bits per heavy atom. The van der Waals surface area contributed by atoms with Crippen LogP contribution in [0.25, 0.3) is 0 Å². The van der Waals surface area contributed by atoms with Gasteiger partial charge in [0.2, 0.25) is 0 Å². The van der Waals surface area contributed by atoms with Crippen LogP contribution in [0, 0.1) is 22.7 Å². The number of hydrogen-bond donors (Lipinski definition) is 2. The van der Waals surface area contributed by atoms with Crippen molar-refractivity contribution in [3.8, 4) is 0 Å². The number of carbonyl (C=O) groups is 2. The average molecular weight is 272 g/mol. The molecular formula is C15H28O4. The molecule has 0 spiro atoms. The lowest BCUT2D eigenvalue weighted by Gasteiger charge is -2.48. The Morgan fingerprint density at radius 2 is 1.42 bits per heavy atom. The number of rotatable bonds is 8. The molecule has 19 heavy (non-hydrogen) atoms. The molecule has 0 aliphatic heterocycles. The summed E-state index contributed by atoms with van der Waals surface area (Å²) in [5.41, 5.74) is -2.44. The Labute approximate surface area is 116 Å². The molecule has 0 radical (unpaired) electrons. The lowest BCUT2D eigenvalue weighted by atomic mass is 9.53. The molecule has 0 aromatic carbocycles. The molecule has 0 saturated carbocycles. The van der Waals surface area contributed by atoms with Gasteiger partial charge in [0, 0.05) is 0 Å². The summed E-state index contributed by atoms with van der Waals surface area (Å²) in [4.78, 5) is 23.9. The van der Waals surface area contributed by atoms with Crippen molar-refractivity contribution in [3.05, 3.63) is 0 Å². The number of carboxylic acids is 2. The zero-order valence-electron chi connectivity index (χ0n) is 13.0. The van der Waals surface area contributed by atoms with E-state index < -0.39 is 22.8 Å². The van der Waals surface area contributed by atoms with E-state index in [4.69, 9.17) is 0 Å². The van der Waals surface area contributed by atoms with Gasteiger partial charge in [-0.2, -0.15) is 0 Å². The highest BCUT2D eigenvalue weighted by molar-refractivity contribution is 5.87. The van der Waals surface area contributed by atoms with Crippen LogP contribution in [0.1, 0.15) is 60.8 Å². The van der Waals surface area contributed by atoms with Gasteiger partial charge in [-0.15, -0.1) is 0 Å². The van der Waals surface area contributed by atoms with Gasteiger partial charge < -0.3 is 10.2 Å². The van der Waals surface area contributed by atoms with Crippen molar-refractivity contribution in [2.75, 3.05) is 0 Å². The topological polar surface area (TPSA) is 74.6 Å². The maximum Gasteiger partial charge on any atom is 0.311 e. The van der Waals surface area contributed by atoms with Gasteiger partial charge in [0.25, 0.3) is 0 Å². The van der Waals surface area contributed by atoms with E-state index in [0.29, 0.717) is 19.3 Å². The quantitative estimate of drug-likeness (QED) is 0.707. The minimum absolute atomic E-state index is 0.139. The van der Waals surface area contributed by atoms with Crippen molar-refractivity contribution < 1.29 is 19.8 Å². The van der Waals surface area contributed by atoms with Crippen LogP contribution in [0.5, 0.6) is 0 Å². The first-order valence-electron chi connectivity index (χ1n) is 7.09. The number of aliphatic carboxylic acids is 2. The van der Waals surface area contributed by atoms with Crippen LogP contribution in [0.3, 0.4) is 0 Å². The highest BCUT2D eigenvalue weighted by atomic mass is 16.4. The molecule has 4 heteroatoms. The summed E-state index contributed by atoms with van der Waals surface area (Å²) in [5, 5.41) is 19.5. The van der Waals surface area contributed by atoms with E-state index in [0.717, 1.165) is 0 Å². The maximum atomic E-state index is 11.9. The van der Waals surface area contributed by atoms with Gasteiger partial charge in [0.05, 0.1) is 10.8 Å². The molecule has 2 atom stereocenters.